The van der Waals surface area contributed by atoms with Crippen LogP contribution in [0.15, 0.2) is 24.3 Å². The first-order valence-electron chi connectivity index (χ1n) is 8.85. The van der Waals surface area contributed by atoms with Gasteiger partial charge in [0.05, 0.1) is 11.7 Å². The third kappa shape index (κ3) is 6.52. The number of hydrogen-bond donors (Lipinski definition) is 3. The standard InChI is InChI=1S/C19H23ClF3NO3/c20-15-5-4-13(6-10-18(27)8-2-1-3-9-18)12-14(15)16(25)7-11-24-17(26)19(21,22)23/h4-6,10,12,16,25,27H,1-3,7-9,11H2,(H,24,26). The number of amides is 1. The van der Waals surface area contributed by atoms with Gasteiger partial charge in [-0.1, -0.05) is 49.1 Å². The van der Waals surface area contributed by atoms with Crippen molar-refractivity contribution in [3.63, 3.8) is 0 Å². The lowest BCUT2D eigenvalue weighted by atomic mass is 9.84. The Morgan fingerprint density at radius 3 is 2.59 bits per heavy atom. The summed E-state index contributed by atoms with van der Waals surface area (Å²) in [6.45, 7) is -0.338. The van der Waals surface area contributed by atoms with Crippen LogP contribution in [-0.4, -0.2) is 34.4 Å². The van der Waals surface area contributed by atoms with E-state index in [0.29, 0.717) is 24.0 Å². The molecule has 1 aliphatic carbocycles. The first kappa shape index (κ1) is 21.7. The SMILES string of the molecule is O=C(NCCC(O)c1cc(C=CC2(O)CCCCC2)ccc1Cl)C(F)(F)F. The zero-order valence-electron chi connectivity index (χ0n) is 14.7. The molecule has 0 saturated heterocycles. The molecule has 0 radical (unpaired) electrons. The van der Waals surface area contributed by atoms with Crippen LogP contribution in [0.25, 0.3) is 6.08 Å². The Bertz CT molecular complexity index is 685. The summed E-state index contributed by atoms with van der Waals surface area (Å²) in [4.78, 5) is 10.8. The van der Waals surface area contributed by atoms with Crippen molar-refractivity contribution in [2.24, 2.45) is 0 Å². The van der Waals surface area contributed by atoms with Gasteiger partial charge in [-0.2, -0.15) is 13.2 Å². The number of halogens is 4. The Hall–Kier alpha value is -1.57. The molecular weight excluding hydrogens is 383 g/mol. The largest absolute Gasteiger partial charge is 0.471 e. The molecular formula is C19H23ClF3NO3. The van der Waals surface area contributed by atoms with Crippen molar-refractivity contribution in [2.45, 2.75) is 56.4 Å². The second-order valence-electron chi connectivity index (χ2n) is 6.84. The highest BCUT2D eigenvalue weighted by Gasteiger charge is 2.38. The van der Waals surface area contributed by atoms with Gasteiger partial charge in [-0.15, -0.1) is 0 Å². The fourth-order valence-electron chi connectivity index (χ4n) is 3.08. The molecule has 150 valence electrons. The number of alkyl halides is 3. The van der Waals surface area contributed by atoms with Crippen molar-refractivity contribution >= 4 is 23.6 Å². The maximum absolute atomic E-state index is 12.2. The van der Waals surface area contributed by atoms with Gasteiger partial charge in [0.15, 0.2) is 0 Å². The fraction of sp³-hybridized carbons (Fsp3) is 0.526. The molecule has 2 rings (SSSR count). The van der Waals surface area contributed by atoms with Gasteiger partial charge in [-0.3, -0.25) is 4.79 Å². The number of rotatable bonds is 6. The van der Waals surface area contributed by atoms with Crippen LogP contribution >= 0.6 is 11.6 Å². The van der Waals surface area contributed by atoms with Crippen LogP contribution in [0.2, 0.25) is 5.02 Å². The molecule has 1 aromatic rings. The van der Waals surface area contributed by atoms with E-state index in [1.54, 1.807) is 35.7 Å². The van der Waals surface area contributed by atoms with E-state index in [-0.39, 0.29) is 18.0 Å². The number of aliphatic hydroxyl groups excluding tert-OH is 1. The zero-order valence-corrected chi connectivity index (χ0v) is 15.5. The van der Waals surface area contributed by atoms with Crippen molar-refractivity contribution in [3.05, 3.63) is 40.4 Å². The third-order valence-corrected chi connectivity index (χ3v) is 4.99. The molecule has 1 unspecified atom stereocenters. The van der Waals surface area contributed by atoms with E-state index in [9.17, 15) is 28.2 Å². The Labute approximate surface area is 161 Å². The second kappa shape index (κ2) is 9.08. The molecule has 1 atom stereocenters. The maximum Gasteiger partial charge on any atom is 0.471 e. The number of carbonyl (C=O) groups excluding carboxylic acids is 1. The molecule has 8 heteroatoms. The monoisotopic (exact) mass is 405 g/mol. The normalized spacial score (nSPS) is 18.4. The summed E-state index contributed by atoms with van der Waals surface area (Å²) in [6, 6.07) is 4.94. The molecule has 3 N–H and O–H groups in total. The third-order valence-electron chi connectivity index (χ3n) is 4.65. The van der Waals surface area contributed by atoms with E-state index in [4.69, 9.17) is 11.6 Å². The molecule has 27 heavy (non-hydrogen) atoms. The molecule has 0 heterocycles. The Morgan fingerprint density at radius 2 is 1.96 bits per heavy atom. The molecule has 0 aliphatic heterocycles. The van der Waals surface area contributed by atoms with Gasteiger partial charge in [0, 0.05) is 11.6 Å². The van der Waals surface area contributed by atoms with Gasteiger partial charge in [0.25, 0.3) is 0 Å². The summed E-state index contributed by atoms with van der Waals surface area (Å²) in [5, 5.41) is 22.7. The average Bonchev–Trinajstić information content (AvgIpc) is 2.60. The smallest absolute Gasteiger partial charge is 0.388 e. The van der Waals surface area contributed by atoms with Crippen LogP contribution in [0.1, 0.15) is 55.8 Å². The summed E-state index contributed by atoms with van der Waals surface area (Å²) >= 11 is 6.08. The Balaban J connectivity index is 2.00. The predicted octanol–water partition coefficient (Wildman–Crippen LogP) is 4.15. The minimum absolute atomic E-state index is 0.112. The molecule has 1 aromatic carbocycles. The predicted molar refractivity (Wildman–Crippen MR) is 97.2 cm³/mol. The lowest BCUT2D eigenvalue weighted by molar-refractivity contribution is -0.173. The lowest BCUT2D eigenvalue weighted by Crippen LogP contribution is -2.37. The summed E-state index contributed by atoms with van der Waals surface area (Å²) in [5.41, 5.74) is 0.237. The van der Waals surface area contributed by atoms with Crippen LogP contribution in [0.4, 0.5) is 13.2 Å². The molecule has 1 amide bonds. The number of hydrogen-bond acceptors (Lipinski definition) is 3. The fourth-order valence-corrected chi connectivity index (χ4v) is 3.32. The topological polar surface area (TPSA) is 69.6 Å². The molecule has 0 spiro atoms. The number of benzene rings is 1. The summed E-state index contributed by atoms with van der Waals surface area (Å²) in [7, 11) is 0. The molecule has 1 saturated carbocycles. The quantitative estimate of drug-likeness (QED) is 0.666. The maximum atomic E-state index is 12.2. The van der Waals surface area contributed by atoms with E-state index in [1.807, 2.05) is 0 Å². The van der Waals surface area contributed by atoms with Gasteiger partial charge in [0.2, 0.25) is 0 Å². The van der Waals surface area contributed by atoms with Crippen molar-refractivity contribution in [2.75, 3.05) is 6.54 Å². The highest BCUT2D eigenvalue weighted by molar-refractivity contribution is 6.31. The molecule has 4 nitrogen and oxygen atoms in total. The van der Waals surface area contributed by atoms with Crippen LogP contribution in [0.3, 0.4) is 0 Å². The second-order valence-corrected chi connectivity index (χ2v) is 7.24. The highest BCUT2D eigenvalue weighted by atomic mass is 35.5. The molecule has 1 fully saturated rings. The molecule has 1 aliphatic rings. The summed E-state index contributed by atoms with van der Waals surface area (Å²) in [6.07, 6.45) is 1.75. The van der Waals surface area contributed by atoms with E-state index in [1.165, 1.54) is 0 Å². The van der Waals surface area contributed by atoms with E-state index < -0.39 is 23.8 Å². The van der Waals surface area contributed by atoms with Gasteiger partial charge < -0.3 is 15.5 Å². The highest BCUT2D eigenvalue weighted by Crippen LogP contribution is 2.31. The molecule has 0 aromatic heterocycles. The van der Waals surface area contributed by atoms with Crippen molar-refractivity contribution < 1.29 is 28.2 Å². The van der Waals surface area contributed by atoms with Crippen LogP contribution in [-0.2, 0) is 4.79 Å². The first-order chi connectivity index (χ1) is 12.6. The number of nitrogens with one attached hydrogen (secondary N) is 1. The average molecular weight is 406 g/mol. The van der Waals surface area contributed by atoms with Crippen molar-refractivity contribution in [1.82, 2.24) is 5.32 Å². The Morgan fingerprint density at radius 1 is 1.30 bits per heavy atom. The van der Waals surface area contributed by atoms with Crippen LogP contribution < -0.4 is 5.32 Å². The number of aliphatic hydroxyl groups is 2. The van der Waals surface area contributed by atoms with Crippen LogP contribution in [0, 0.1) is 0 Å². The van der Waals surface area contributed by atoms with E-state index >= 15 is 0 Å². The molecule has 0 bridgehead atoms. The minimum atomic E-state index is -4.95. The van der Waals surface area contributed by atoms with E-state index in [2.05, 4.69) is 0 Å². The van der Waals surface area contributed by atoms with Gasteiger partial charge in [-0.05, 0) is 42.5 Å². The van der Waals surface area contributed by atoms with Gasteiger partial charge >= 0.3 is 12.1 Å². The first-order valence-corrected chi connectivity index (χ1v) is 9.23. The van der Waals surface area contributed by atoms with E-state index in [0.717, 1.165) is 19.3 Å². The van der Waals surface area contributed by atoms with Gasteiger partial charge in [-0.25, -0.2) is 0 Å². The summed E-state index contributed by atoms with van der Waals surface area (Å²) in [5.74, 6) is -2.04. The lowest BCUT2D eigenvalue weighted by Gasteiger charge is -2.28. The van der Waals surface area contributed by atoms with Crippen molar-refractivity contribution in [1.29, 1.82) is 0 Å². The van der Waals surface area contributed by atoms with Gasteiger partial charge in [0.1, 0.15) is 0 Å². The zero-order chi connectivity index (χ0) is 20.1. The van der Waals surface area contributed by atoms with Crippen LogP contribution in [0.5, 0.6) is 0 Å². The van der Waals surface area contributed by atoms with Crippen molar-refractivity contribution in [3.8, 4) is 0 Å². The minimum Gasteiger partial charge on any atom is -0.388 e. The summed E-state index contributed by atoms with van der Waals surface area (Å²) < 4.78 is 36.5. The number of carbonyl (C=O) groups is 1. The Kier molecular flexibility index (Phi) is 7.31.